The largest absolute Gasteiger partial charge is 0.339 e. The van der Waals surface area contributed by atoms with E-state index in [1.165, 1.54) is 0 Å². The number of amides is 1. The number of carbonyl (C=O) groups is 1. The van der Waals surface area contributed by atoms with Crippen molar-refractivity contribution in [2.75, 3.05) is 18.4 Å². The van der Waals surface area contributed by atoms with Crippen LogP contribution in [0.5, 0.6) is 0 Å². The highest BCUT2D eigenvalue weighted by molar-refractivity contribution is 5.91. The van der Waals surface area contributed by atoms with E-state index in [-0.39, 0.29) is 5.91 Å². The molecule has 1 unspecified atom stereocenters. The first-order valence-electron chi connectivity index (χ1n) is 10.5. The van der Waals surface area contributed by atoms with Gasteiger partial charge in [0.25, 0.3) is 0 Å². The molecule has 0 aromatic carbocycles. The molecule has 1 saturated heterocycles. The van der Waals surface area contributed by atoms with Crippen LogP contribution in [0.2, 0.25) is 0 Å². The molecule has 158 valence electrons. The van der Waals surface area contributed by atoms with Gasteiger partial charge in [0.15, 0.2) is 0 Å². The summed E-state index contributed by atoms with van der Waals surface area (Å²) in [6, 6.07) is 9.68. The van der Waals surface area contributed by atoms with Crippen LogP contribution in [-0.4, -0.2) is 43.8 Å². The number of hydrogen-bond acceptors (Lipinski definition) is 6. The maximum atomic E-state index is 12.6. The Hall–Kier alpha value is -3.61. The summed E-state index contributed by atoms with van der Waals surface area (Å²) in [7, 11) is 0. The molecule has 0 bridgehead atoms. The molecule has 3 aromatic rings. The summed E-state index contributed by atoms with van der Waals surface area (Å²) in [5, 5.41) is 3.27. The van der Waals surface area contributed by atoms with Crippen LogP contribution in [-0.2, 0) is 11.2 Å². The number of anilines is 2. The van der Waals surface area contributed by atoms with Crippen molar-refractivity contribution in [2.24, 2.45) is 5.92 Å². The van der Waals surface area contributed by atoms with E-state index in [1.807, 2.05) is 48.2 Å². The van der Waals surface area contributed by atoms with Crippen LogP contribution in [0.4, 0.5) is 11.6 Å². The summed E-state index contributed by atoms with van der Waals surface area (Å²) in [6.45, 7) is 3.54. The fourth-order valence-corrected chi connectivity index (χ4v) is 3.79. The number of nitrogens with zero attached hydrogens (tertiary/aromatic N) is 5. The molecule has 3 aromatic heterocycles. The van der Waals surface area contributed by atoms with E-state index in [2.05, 4.69) is 25.3 Å². The van der Waals surface area contributed by atoms with Gasteiger partial charge < -0.3 is 10.2 Å². The molecule has 0 radical (unpaired) electrons. The minimum Gasteiger partial charge on any atom is -0.339 e. The molecule has 0 saturated carbocycles. The van der Waals surface area contributed by atoms with E-state index in [4.69, 9.17) is 0 Å². The van der Waals surface area contributed by atoms with Crippen molar-refractivity contribution in [3.05, 3.63) is 78.1 Å². The van der Waals surface area contributed by atoms with Crippen LogP contribution in [0.3, 0.4) is 0 Å². The highest BCUT2D eigenvalue weighted by Gasteiger charge is 2.23. The zero-order chi connectivity index (χ0) is 21.5. The van der Waals surface area contributed by atoms with Crippen LogP contribution >= 0.6 is 0 Å². The predicted octanol–water partition coefficient (Wildman–Crippen LogP) is 3.81. The van der Waals surface area contributed by atoms with Gasteiger partial charge in [0.05, 0.1) is 0 Å². The lowest BCUT2D eigenvalue weighted by molar-refractivity contribution is -0.127. The fraction of sp³-hybridized carbons (Fsp3) is 0.292. The third kappa shape index (κ3) is 5.72. The number of aryl methyl sites for hydroxylation is 1. The number of carbonyl (C=O) groups excluding carboxylic acids is 1. The first-order valence-corrected chi connectivity index (χ1v) is 10.5. The fourth-order valence-electron chi connectivity index (χ4n) is 3.79. The molecule has 1 aliphatic heterocycles. The highest BCUT2D eigenvalue weighted by atomic mass is 16.2. The SMILES string of the molecule is Cc1cccnc1Nc1cc(CC2CCCN(C(=O)/C=C/c3cccnc3)C2)ncn1. The third-order valence-electron chi connectivity index (χ3n) is 5.41. The highest BCUT2D eigenvalue weighted by Crippen LogP contribution is 2.22. The summed E-state index contributed by atoms with van der Waals surface area (Å²) in [5.41, 5.74) is 2.95. The lowest BCUT2D eigenvalue weighted by atomic mass is 9.93. The van der Waals surface area contributed by atoms with E-state index < -0.39 is 0 Å². The number of piperidine rings is 1. The molecule has 31 heavy (non-hydrogen) atoms. The van der Waals surface area contributed by atoms with E-state index in [0.29, 0.717) is 5.92 Å². The molecule has 4 rings (SSSR count). The van der Waals surface area contributed by atoms with Crippen molar-refractivity contribution in [1.82, 2.24) is 24.8 Å². The summed E-state index contributed by atoms with van der Waals surface area (Å²) >= 11 is 0. The van der Waals surface area contributed by atoms with Crippen LogP contribution in [0.25, 0.3) is 6.08 Å². The van der Waals surface area contributed by atoms with Gasteiger partial charge in [-0.05, 0) is 61.4 Å². The second-order valence-corrected chi connectivity index (χ2v) is 7.80. The van der Waals surface area contributed by atoms with Gasteiger partial charge in [0.2, 0.25) is 5.91 Å². The first-order chi connectivity index (χ1) is 15.2. The quantitative estimate of drug-likeness (QED) is 0.618. The standard InChI is InChI=1S/C24H26N6O/c1-18-5-2-11-26-24(18)29-22-14-21(27-17-28-22)13-20-7-4-12-30(16-20)23(31)9-8-19-6-3-10-25-15-19/h2-3,5-6,8-11,14-15,17,20H,4,7,12-13,16H2,1H3,(H,26,27,28,29)/b9-8+. The number of aromatic nitrogens is 4. The van der Waals surface area contributed by atoms with Gasteiger partial charge in [-0.2, -0.15) is 0 Å². The summed E-state index contributed by atoms with van der Waals surface area (Å²) in [5.74, 6) is 1.95. The van der Waals surface area contributed by atoms with Gasteiger partial charge >= 0.3 is 0 Å². The Labute approximate surface area is 182 Å². The van der Waals surface area contributed by atoms with Gasteiger partial charge in [-0.3, -0.25) is 9.78 Å². The zero-order valence-corrected chi connectivity index (χ0v) is 17.6. The number of rotatable bonds is 6. The van der Waals surface area contributed by atoms with Gasteiger partial charge in [-0.1, -0.05) is 12.1 Å². The first kappa shape index (κ1) is 20.7. The van der Waals surface area contributed by atoms with E-state index in [0.717, 1.165) is 60.8 Å². The van der Waals surface area contributed by atoms with Crippen molar-refractivity contribution in [3.8, 4) is 0 Å². The van der Waals surface area contributed by atoms with Gasteiger partial charge in [0, 0.05) is 49.5 Å². The van der Waals surface area contributed by atoms with Crippen LogP contribution in [0.1, 0.15) is 29.7 Å². The van der Waals surface area contributed by atoms with Gasteiger partial charge in [-0.15, -0.1) is 0 Å². The Bertz CT molecular complexity index is 1050. The number of likely N-dealkylation sites (tertiary alicyclic amines) is 1. The molecule has 0 spiro atoms. The van der Waals surface area contributed by atoms with Crippen molar-refractivity contribution in [1.29, 1.82) is 0 Å². The van der Waals surface area contributed by atoms with Crippen molar-refractivity contribution in [3.63, 3.8) is 0 Å². The van der Waals surface area contributed by atoms with Crippen molar-refractivity contribution < 1.29 is 4.79 Å². The third-order valence-corrected chi connectivity index (χ3v) is 5.41. The topological polar surface area (TPSA) is 83.9 Å². The maximum Gasteiger partial charge on any atom is 0.246 e. The average molecular weight is 415 g/mol. The minimum absolute atomic E-state index is 0.0456. The molecule has 4 heterocycles. The van der Waals surface area contributed by atoms with E-state index in [9.17, 15) is 4.79 Å². The number of hydrogen-bond donors (Lipinski definition) is 1. The molecular weight excluding hydrogens is 388 g/mol. The minimum atomic E-state index is 0.0456. The molecule has 7 heteroatoms. The van der Waals surface area contributed by atoms with Crippen LogP contribution < -0.4 is 5.32 Å². The molecule has 0 aliphatic carbocycles. The lowest BCUT2D eigenvalue weighted by Crippen LogP contribution is -2.39. The summed E-state index contributed by atoms with van der Waals surface area (Å²) < 4.78 is 0. The van der Waals surface area contributed by atoms with Gasteiger partial charge in [0.1, 0.15) is 18.0 Å². The molecule has 1 amide bonds. The summed E-state index contributed by atoms with van der Waals surface area (Å²) in [6.07, 6.45) is 13.2. The molecule has 1 aliphatic rings. The molecule has 1 N–H and O–H groups in total. The Kier molecular flexibility index (Phi) is 6.62. The Morgan fingerprint density at radius 1 is 1.23 bits per heavy atom. The Balaban J connectivity index is 1.36. The van der Waals surface area contributed by atoms with Gasteiger partial charge in [-0.25, -0.2) is 15.0 Å². The zero-order valence-electron chi connectivity index (χ0n) is 17.6. The smallest absolute Gasteiger partial charge is 0.246 e. The Morgan fingerprint density at radius 2 is 2.13 bits per heavy atom. The molecule has 1 fully saturated rings. The summed E-state index contributed by atoms with van der Waals surface area (Å²) in [4.78, 5) is 31.8. The molecule has 1 atom stereocenters. The number of nitrogens with one attached hydrogen (secondary N) is 1. The monoisotopic (exact) mass is 414 g/mol. The lowest BCUT2D eigenvalue weighted by Gasteiger charge is -2.32. The van der Waals surface area contributed by atoms with Crippen molar-refractivity contribution >= 4 is 23.6 Å². The normalized spacial score (nSPS) is 16.4. The van der Waals surface area contributed by atoms with E-state index in [1.54, 1.807) is 31.0 Å². The second kappa shape index (κ2) is 9.93. The second-order valence-electron chi connectivity index (χ2n) is 7.80. The maximum absolute atomic E-state index is 12.6. The van der Waals surface area contributed by atoms with Crippen LogP contribution in [0.15, 0.2) is 61.3 Å². The Morgan fingerprint density at radius 3 is 2.97 bits per heavy atom. The van der Waals surface area contributed by atoms with Crippen LogP contribution in [0, 0.1) is 12.8 Å². The molecular formula is C24H26N6O. The number of pyridine rings is 2. The average Bonchev–Trinajstić information content (AvgIpc) is 2.80. The van der Waals surface area contributed by atoms with E-state index >= 15 is 0 Å². The predicted molar refractivity (Wildman–Crippen MR) is 121 cm³/mol. The van der Waals surface area contributed by atoms with Crippen molar-refractivity contribution in [2.45, 2.75) is 26.2 Å². The molecule has 7 nitrogen and oxygen atoms in total.